The van der Waals surface area contributed by atoms with Gasteiger partial charge in [0.05, 0.1) is 0 Å². The summed E-state index contributed by atoms with van der Waals surface area (Å²) < 4.78 is 0. The fourth-order valence-corrected chi connectivity index (χ4v) is 3.60. The predicted octanol–water partition coefficient (Wildman–Crippen LogP) is 4.13. The molecule has 3 unspecified atom stereocenters. The molecule has 0 bridgehead atoms. The van der Waals surface area contributed by atoms with Gasteiger partial charge in [-0.1, -0.05) is 31.9 Å². The van der Waals surface area contributed by atoms with Crippen molar-refractivity contribution in [1.82, 2.24) is 0 Å². The lowest BCUT2D eigenvalue weighted by Crippen LogP contribution is -2.24. The molecule has 17 heavy (non-hydrogen) atoms. The van der Waals surface area contributed by atoms with Gasteiger partial charge in [0.25, 0.3) is 0 Å². The van der Waals surface area contributed by atoms with Gasteiger partial charge in [0, 0.05) is 0 Å². The van der Waals surface area contributed by atoms with Gasteiger partial charge in [-0.15, -0.1) is 0 Å². The highest BCUT2D eigenvalue weighted by atomic mass is 14.5. The van der Waals surface area contributed by atoms with Crippen LogP contribution in [0.25, 0.3) is 0 Å². The molecule has 0 aliphatic heterocycles. The second-order valence-electron chi connectivity index (χ2n) is 6.42. The molecule has 0 heterocycles. The van der Waals surface area contributed by atoms with E-state index in [1.807, 2.05) is 0 Å². The molecule has 1 heteroatoms. The number of nitrogens with two attached hydrogens (primary N) is 1. The molecule has 2 aliphatic rings. The van der Waals surface area contributed by atoms with Crippen molar-refractivity contribution in [2.45, 2.75) is 58.8 Å². The molecule has 1 saturated carbocycles. The van der Waals surface area contributed by atoms with Crippen molar-refractivity contribution in [2.75, 3.05) is 6.54 Å². The van der Waals surface area contributed by atoms with Crippen LogP contribution in [-0.2, 0) is 0 Å². The molecule has 0 saturated heterocycles. The van der Waals surface area contributed by atoms with Crippen LogP contribution in [0.4, 0.5) is 0 Å². The normalized spacial score (nSPS) is 37.5. The predicted molar refractivity (Wildman–Crippen MR) is 74.8 cm³/mol. The lowest BCUT2D eigenvalue weighted by molar-refractivity contribution is 0.171. The zero-order chi connectivity index (χ0) is 12.3. The molecule has 98 valence electrons. The molecule has 2 rings (SSSR count). The Kier molecular flexibility index (Phi) is 4.67. The van der Waals surface area contributed by atoms with E-state index in [1.165, 1.54) is 38.5 Å². The molecule has 0 aromatic carbocycles. The summed E-state index contributed by atoms with van der Waals surface area (Å²) in [6.07, 6.45) is 12.3. The van der Waals surface area contributed by atoms with Crippen LogP contribution < -0.4 is 5.73 Å². The van der Waals surface area contributed by atoms with Crippen LogP contribution in [0.2, 0.25) is 0 Å². The number of hydrogen-bond donors (Lipinski definition) is 1. The fourth-order valence-electron chi connectivity index (χ4n) is 3.60. The van der Waals surface area contributed by atoms with Crippen LogP contribution in [0, 0.1) is 23.7 Å². The van der Waals surface area contributed by atoms with E-state index in [4.69, 9.17) is 5.73 Å². The van der Waals surface area contributed by atoms with Gasteiger partial charge in [-0.3, -0.25) is 0 Å². The van der Waals surface area contributed by atoms with Gasteiger partial charge in [-0.25, -0.2) is 0 Å². The Bertz CT molecular complexity index is 269. The minimum absolute atomic E-state index is 0.787. The smallest absolute Gasteiger partial charge is 0.00398 e. The molecule has 1 fully saturated rings. The fraction of sp³-hybridized carbons (Fsp3) is 0.875. The highest BCUT2D eigenvalue weighted by molar-refractivity contribution is 5.12. The zero-order valence-corrected chi connectivity index (χ0v) is 11.6. The Balaban J connectivity index is 1.83. The van der Waals surface area contributed by atoms with Crippen LogP contribution in [0.15, 0.2) is 11.6 Å². The molecule has 1 nitrogen and oxygen atoms in total. The van der Waals surface area contributed by atoms with E-state index in [1.54, 1.807) is 5.57 Å². The van der Waals surface area contributed by atoms with E-state index in [0.29, 0.717) is 0 Å². The first-order valence-electron chi connectivity index (χ1n) is 7.61. The van der Waals surface area contributed by atoms with Crippen LogP contribution >= 0.6 is 0 Å². The van der Waals surface area contributed by atoms with Gasteiger partial charge < -0.3 is 5.73 Å². The van der Waals surface area contributed by atoms with E-state index in [0.717, 1.165) is 36.6 Å². The van der Waals surface area contributed by atoms with Gasteiger partial charge in [0.15, 0.2) is 0 Å². The first kappa shape index (κ1) is 13.1. The van der Waals surface area contributed by atoms with Crippen LogP contribution in [0.3, 0.4) is 0 Å². The molecule has 0 spiro atoms. The highest BCUT2D eigenvalue weighted by Crippen LogP contribution is 2.40. The standard InChI is InChI=1S/C16H29N/c1-12-3-5-15(16(11-12)9-10-17)8-7-14-6-4-13(14)2/h11-15H,3-10,17H2,1-2H3/t12?,13?,14-,15?/m0/s1. The van der Waals surface area contributed by atoms with Crippen molar-refractivity contribution >= 4 is 0 Å². The summed E-state index contributed by atoms with van der Waals surface area (Å²) in [7, 11) is 0. The third-order valence-corrected chi connectivity index (χ3v) is 5.11. The first-order chi connectivity index (χ1) is 8.20. The van der Waals surface area contributed by atoms with Crippen molar-refractivity contribution < 1.29 is 0 Å². The lowest BCUT2D eigenvalue weighted by Gasteiger charge is -2.36. The van der Waals surface area contributed by atoms with E-state index in [-0.39, 0.29) is 0 Å². The minimum Gasteiger partial charge on any atom is -0.330 e. The summed E-state index contributed by atoms with van der Waals surface area (Å²) in [6, 6.07) is 0. The Morgan fingerprint density at radius 1 is 1.12 bits per heavy atom. The Morgan fingerprint density at radius 3 is 2.53 bits per heavy atom. The quantitative estimate of drug-likeness (QED) is 0.712. The topological polar surface area (TPSA) is 26.0 Å². The highest BCUT2D eigenvalue weighted by Gasteiger charge is 2.28. The first-order valence-corrected chi connectivity index (χ1v) is 7.61. The summed E-state index contributed by atoms with van der Waals surface area (Å²) in [4.78, 5) is 0. The van der Waals surface area contributed by atoms with Crippen LogP contribution in [0.5, 0.6) is 0 Å². The van der Waals surface area contributed by atoms with Crippen LogP contribution in [-0.4, -0.2) is 6.54 Å². The summed E-state index contributed by atoms with van der Waals surface area (Å²) in [5.74, 6) is 3.69. The largest absolute Gasteiger partial charge is 0.330 e. The Morgan fingerprint density at radius 2 is 1.94 bits per heavy atom. The van der Waals surface area contributed by atoms with E-state index in [2.05, 4.69) is 19.9 Å². The number of allylic oxidation sites excluding steroid dienone is 1. The summed E-state index contributed by atoms with van der Waals surface area (Å²) in [6.45, 7) is 5.60. The molecule has 0 radical (unpaired) electrons. The van der Waals surface area contributed by atoms with Gasteiger partial charge >= 0.3 is 0 Å². The summed E-state index contributed by atoms with van der Waals surface area (Å²) in [5.41, 5.74) is 7.42. The SMILES string of the molecule is CC1C=C(CCN)C(CC[C@@H]2CCC2C)CC1. The third kappa shape index (κ3) is 3.34. The molecule has 0 aromatic heterocycles. The maximum Gasteiger partial charge on any atom is -0.00398 e. The average molecular weight is 235 g/mol. The van der Waals surface area contributed by atoms with Crippen molar-refractivity contribution in [2.24, 2.45) is 29.4 Å². The Hall–Kier alpha value is -0.300. The van der Waals surface area contributed by atoms with Crippen LogP contribution in [0.1, 0.15) is 58.8 Å². The lowest BCUT2D eigenvalue weighted by atomic mass is 9.70. The number of rotatable bonds is 5. The third-order valence-electron chi connectivity index (χ3n) is 5.11. The van der Waals surface area contributed by atoms with Crippen molar-refractivity contribution in [3.05, 3.63) is 11.6 Å². The molecule has 0 aromatic rings. The zero-order valence-electron chi connectivity index (χ0n) is 11.6. The van der Waals surface area contributed by atoms with E-state index in [9.17, 15) is 0 Å². The maximum atomic E-state index is 5.74. The van der Waals surface area contributed by atoms with Gasteiger partial charge in [-0.2, -0.15) is 0 Å². The second-order valence-corrected chi connectivity index (χ2v) is 6.42. The van der Waals surface area contributed by atoms with Crippen molar-refractivity contribution in [3.8, 4) is 0 Å². The van der Waals surface area contributed by atoms with Gasteiger partial charge in [0.2, 0.25) is 0 Å². The number of hydrogen-bond acceptors (Lipinski definition) is 1. The van der Waals surface area contributed by atoms with Crippen molar-refractivity contribution in [1.29, 1.82) is 0 Å². The molecule has 2 aliphatic carbocycles. The van der Waals surface area contributed by atoms with Gasteiger partial charge in [0.1, 0.15) is 0 Å². The monoisotopic (exact) mass is 235 g/mol. The molecule has 4 atom stereocenters. The van der Waals surface area contributed by atoms with E-state index < -0.39 is 0 Å². The molecule has 2 N–H and O–H groups in total. The Labute approximate surface area is 107 Å². The minimum atomic E-state index is 0.787. The van der Waals surface area contributed by atoms with Crippen molar-refractivity contribution in [3.63, 3.8) is 0 Å². The summed E-state index contributed by atoms with van der Waals surface area (Å²) in [5, 5.41) is 0. The molecular formula is C16H29N. The molecular weight excluding hydrogens is 206 g/mol. The average Bonchev–Trinajstić information content (AvgIpc) is 2.30. The van der Waals surface area contributed by atoms with Gasteiger partial charge in [-0.05, 0) is 68.7 Å². The molecule has 0 amide bonds. The second kappa shape index (κ2) is 6.04. The van der Waals surface area contributed by atoms with E-state index >= 15 is 0 Å². The summed E-state index contributed by atoms with van der Waals surface area (Å²) >= 11 is 0. The maximum absolute atomic E-state index is 5.74.